The van der Waals surface area contributed by atoms with E-state index in [1.54, 1.807) is 7.11 Å². The van der Waals surface area contributed by atoms with E-state index >= 15 is 0 Å². The van der Waals surface area contributed by atoms with Crippen molar-refractivity contribution in [3.05, 3.63) is 0 Å². The third-order valence-electron chi connectivity index (χ3n) is 5.11. The molecule has 0 radical (unpaired) electrons. The number of fused-ring (bicyclic) bond motifs is 2. The molecule has 0 amide bonds. The van der Waals surface area contributed by atoms with Gasteiger partial charge in [0.05, 0.1) is 6.10 Å². The Morgan fingerprint density at radius 3 is 2.14 bits per heavy atom. The maximum absolute atomic E-state index is 14.3. The topological polar surface area (TPSA) is 29.5 Å². The van der Waals surface area contributed by atoms with Crippen LogP contribution in [0.5, 0.6) is 0 Å². The molecule has 21 heavy (non-hydrogen) atoms. The molecule has 0 aliphatic heterocycles. The summed E-state index contributed by atoms with van der Waals surface area (Å²) in [6, 6.07) is 0. The molecule has 0 aromatic carbocycles. The third kappa shape index (κ3) is 3.52. The molecule has 2 aliphatic carbocycles. The molecule has 5 atom stereocenters. The highest BCUT2D eigenvalue weighted by Gasteiger charge is 2.70. The van der Waals surface area contributed by atoms with Crippen LogP contribution >= 0.6 is 0 Å². The molecule has 6 heteroatoms. The molecular weight excluding hydrogens is 288 g/mol. The Kier molecular flexibility index (Phi) is 5.70. The number of hydrogen-bond acceptors (Lipinski definition) is 2. The molecule has 0 heterocycles. The van der Waals surface area contributed by atoms with Crippen LogP contribution in [0.4, 0.5) is 17.6 Å². The molecule has 0 saturated heterocycles. The van der Waals surface area contributed by atoms with Crippen molar-refractivity contribution in [2.24, 2.45) is 11.8 Å². The fourth-order valence-electron chi connectivity index (χ4n) is 3.26. The maximum Gasteiger partial charge on any atom is 0.420 e. The van der Waals surface area contributed by atoms with E-state index in [1.165, 1.54) is 0 Å². The lowest BCUT2D eigenvalue weighted by atomic mass is 9.74. The zero-order valence-corrected chi connectivity index (χ0v) is 13.1. The van der Waals surface area contributed by atoms with Gasteiger partial charge in [0, 0.05) is 7.11 Å². The largest absolute Gasteiger partial charge is 0.420 e. The van der Waals surface area contributed by atoms with Gasteiger partial charge in [0.25, 0.3) is 0 Å². The molecule has 5 unspecified atom stereocenters. The summed E-state index contributed by atoms with van der Waals surface area (Å²) in [6.45, 7) is 4.72. The molecule has 0 spiro atoms. The van der Waals surface area contributed by atoms with Gasteiger partial charge in [0.1, 0.15) is 0 Å². The van der Waals surface area contributed by atoms with Crippen molar-refractivity contribution in [3.63, 3.8) is 0 Å². The lowest BCUT2D eigenvalue weighted by Crippen LogP contribution is -2.60. The van der Waals surface area contributed by atoms with E-state index in [-0.39, 0.29) is 12.3 Å². The Bertz CT molecular complexity index is 339. The SMILES string of the molecule is CC(O)(C(F)(F)F)C1(F)CC2CCC1C2.CCC(C)OC. The number of aliphatic hydroxyl groups is 1. The van der Waals surface area contributed by atoms with Crippen LogP contribution in [0.2, 0.25) is 0 Å². The highest BCUT2D eigenvalue weighted by atomic mass is 19.4. The third-order valence-corrected chi connectivity index (χ3v) is 5.11. The number of alkyl halides is 4. The predicted molar refractivity (Wildman–Crippen MR) is 72.7 cm³/mol. The molecule has 2 rings (SSSR count). The normalized spacial score (nSPS) is 35.9. The van der Waals surface area contributed by atoms with E-state index in [1.807, 2.05) is 0 Å². The smallest absolute Gasteiger partial charge is 0.382 e. The highest BCUT2D eigenvalue weighted by Crippen LogP contribution is 2.59. The molecule has 2 aliphatic rings. The number of ether oxygens (including phenoxy) is 1. The summed E-state index contributed by atoms with van der Waals surface area (Å²) < 4.78 is 56.9. The second kappa shape index (κ2) is 6.41. The molecule has 0 aromatic heterocycles. The van der Waals surface area contributed by atoms with E-state index in [0.29, 0.717) is 25.9 Å². The van der Waals surface area contributed by atoms with E-state index in [9.17, 15) is 22.7 Å². The fraction of sp³-hybridized carbons (Fsp3) is 1.00. The highest BCUT2D eigenvalue weighted by molar-refractivity contribution is 5.13. The van der Waals surface area contributed by atoms with E-state index in [0.717, 1.165) is 12.8 Å². The first kappa shape index (κ1) is 18.7. The summed E-state index contributed by atoms with van der Waals surface area (Å²) in [7, 11) is 1.73. The minimum Gasteiger partial charge on any atom is -0.382 e. The molecule has 2 nitrogen and oxygen atoms in total. The van der Waals surface area contributed by atoms with Gasteiger partial charge in [0.2, 0.25) is 0 Å². The van der Waals surface area contributed by atoms with Crippen LogP contribution in [-0.4, -0.2) is 35.8 Å². The van der Waals surface area contributed by atoms with Crippen LogP contribution in [0.3, 0.4) is 0 Å². The first-order chi connectivity index (χ1) is 9.49. The van der Waals surface area contributed by atoms with Gasteiger partial charge < -0.3 is 9.84 Å². The summed E-state index contributed by atoms with van der Waals surface area (Å²) in [5.74, 6) is -0.604. The lowest BCUT2D eigenvalue weighted by molar-refractivity contribution is -0.304. The molecule has 126 valence electrons. The van der Waals surface area contributed by atoms with Crippen LogP contribution in [0.1, 0.15) is 52.9 Å². The Hall–Kier alpha value is -0.360. The van der Waals surface area contributed by atoms with Gasteiger partial charge in [-0.15, -0.1) is 0 Å². The summed E-state index contributed by atoms with van der Waals surface area (Å²) >= 11 is 0. The first-order valence-corrected chi connectivity index (χ1v) is 7.50. The van der Waals surface area contributed by atoms with Crippen molar-refractivity contribution >= 4 is 0 Å². The second-order valence-electron chi connectivity index (χ2n) is 6.47. The van der Waals surface area contributed by atoms with Gasteiger partial charge >= 0.3 is 6.18 Å². The maximum atomic E-state index is 14.3. The average Bonchev–Trinajstić information content (AvgIpc) is 2.97. The van der Waals surface area contributed by atoms with Gasteiger partial charge in [-0.1, -0.05) is 6.92 Å². The van der Waals surface area contributed by atoms with Crippen molar-refractivity contribution in [1.82, 2.24) is 0 Å². The van der Waals surface area contributed by atoms with Crippen molar-refractivity contribution < 1.29 is 27.4 Å². The minimum absolute atomic E-state index is 0.0221. The van der Waals surface area contributed by atoms with Gasteiger partial charge in [0.15, 0.2) is 11.3 Å². The van der Waals surface area contributed by atoms with Gasteiger partial charge in [-0.2, -0.15) is 13.2 Å². The number of halogens is 4. The van der Waals surface area contributed by atoms with Crippen molar-refractivity contribution in [2.45, 2.75) is 76.4 Å². The summed E-state index contributed by atoms with van der Waals surface area (Å²) in [4.78, 5) is 0. The zero-order valence-electron chi connectivity index (χ0n) is 13.1. The van der Waals surface area contributed by atoms with E-state index in [2.05, 4.69) is 13.8 Å². The van der Waals surface area contributed by atoms with E-state index in [4.69, 9.17) is 4.74 Å². The average molecular weight is 314 g/mol. The van der Waals surface area contributed by atoms with Crippen LogP contribution in [0, 0.1) is 11.8 Å². The van der Waals surface area contributed by atoms with Crippen LogP contribution in [0.25, 0.3) is 0 Å². The molecule has 2 saturated carbocycles. The standard InChI is InChI=1S/C10H14F4O.C5H12O/c1-8(15,10(12,13)14)9(11)5-6-2-3-7(9)4-6;1-4-5(2)6-3/h6-7,15H,2-5H2,1H3;5H,4H2,1-3H3. The second-order valence-corrected chi connectivity index (χ2v) is 6.47. The number of hydrogen-bond donors (Lipinski definition) is 1. The molecular formula is C15H26F4O2. The van der Waals surface area contributed by atoms with Gasteiger partial charge in [-0.3, -0.25) is 0 Å². The quantitative estimate of drug-likeness (QED) is 0.789. The van der Waals surface area contributed by atoms with E-state index < -0.39 is 23.4 Å². The predicted octanol–water partition coefficient (Wildman–Crippen LogP) is 4.26. The Morgan fingerprint density at radius 1 is 1.33 bits per heavy atom. The number of methoxy groups -OCH3 is 1. The Balaban J connectivity index is 0.000000315. The summed E-state index contributed by atoms with van der Waals surface area (Å²) in [5.41, 5.74) is -5.69. The van der Waals surface area contributed by atoms with Crippen molar-refractivity contribution in [3.8, 4) is 0 Å². The minimum atomic E-state index is -4.90. The van der Waals surface area contributed by atoms with Gasteiger partial charge in [-0.05, 0) is 57.8 Å². The summed E-state index contributed by atoms with van der Waals surface area (Å²) in [5, 5.41) is 9.43. The molecule has 2 fully saturated rings. The van der Waals surface area contributed by atoms with Crippen LogP contribution < -0.4 is 0 Å². The Labute approximate surface area is 123 Å². The van der Waals surface area contributed by atoms with Crippen molar-refractivity contribution in [2.75, 3.05) is 7.11 Å². The van der Waals surface area contributed by atoms with Crippen molar-refractivity contribution in [1.29, 1.82) is 0 Å². The monoisotopic (exact) mass is 314 g/mol. The number of rotatable bonds is 3. The van der Waals surface area contributed by atoms with Gasteiger partial charge in [-0.25, -0.2) is 4.39 Å². The zero-order chi connectivity index (χ0) is 16.5. The molecule has 0 aromatic rings. The summed E-state index contributed by atoms with van der Waals surface area (Å²) in [6.07, 6.45) is -1.75. The fourth-order valence-corrected chi connectivity index (χ4v) is 3.26. The molecule has 1 N–H and O–H groups in total. The first-order valence-electron chi connectivity index (χ1n) is 7.50. The molecule has 2 bridgehead atoms. The van der Waals surface area contributed by atoms with Crippen LogP contribution in [0.15, 0.2) is 0 Å². The Morgan fingerprint density at radius 2 is 1.90 bits per heavy atom. The lowest BCUT2D eigenvalue weighted by Gasteiger charge is -2.42. The van der Waals surface area contributed by atoms with Crippen LogP contribution in [-0.2, 0) is 4.74 Å².